The van der Waals surface area contributed by atoms with Crippen molar-refractivity contribution in [3.05, 3.63) is 36.6 Å². The van der Waals surface area contributed by atoms with E-state index in [0.717, 1.165) is 11.1 Å². The average Bonchev–Trinajstić information content (AvgIpc) is 2.08. The number of nitrogens with two attached hydrogens (primary N) is 1. The Bertz CT molecular complexity index is 218. The summed E-state index contributed by atoms with van der Waals surface area (Å²) in [4.78, 5) is 3.92. The minimum absolute atomic E-state index is 0.533. The molecular weight excluding hydrogens is 160 g/mol. The van der Waals surface area contributed by atoms with Gasteiger partial charge in [-0.05, 0) is 25.0 Å². The first-order valence-electron chi connectivity index (χ1n) is 4.36. The summed E-state index contributed by atoms with van der Waals surface area (Å²) < 4.78 is 0. The summed E-state index contributed by atoms with van der Waals surface area (Å²) >= 11 is 0. The van der Waals surface area contributed by atoms with Gasteiger partial charge in [-0.25, -0.2) is 4.99 Å². The van der Waals surface area contributed by atoms with E-state index in [2.05, 4.69) is 18.2 Å². The summed E-state index contributed by atoms with van der Waals surface area (Å²) in [5, 5.41) is 0. The SMILES string of the molecule is C=C/C(=C\N=C(C)N)C(=C)C.CC. The third-order valence-corrected chi connectivity index (χ3v) is 1.12. The number of allylic oxidation sites excluding steroid dienone is 3. The van der Waals surface area contributed by atoms with Crippen molar-refractivity contribution in [1.29, 1.82) is 0 Å². The zero-order chi connectivity index (χ0) is 10.9. The van der Waals surface area contributed by atoms with Gasteiger partial charge in [0.25, 0.3) is 0 Å². The molecule has 2 N–H and O–H groups in total. The molecule has 74 valence electrons. The number of rotatable bonds is 3. The van der Waals surface area contributed by atoms with Crippen LogP contribution in [0.15, 0.2) is 41.6 Å². The molecule has 2 heteroatoms. The van der Waals surface area contributed by atoms with Crippen molar-refractivity contribution in [2.75, 3.05) is 0 Å². The van der Waals surface area contributed by atoms with Crippen molar-refractivity contribution in [2.24, 2.45) is 10.7 Å². The minimum Gasteiger partial charge on any atom is -0.387 e. The predicted molar refractivity (Wildman–Crippen MR) is 61.7 cm³/mol. The summed E-state index contributed by atoms with van der Waals surface area (Å²) in [6.45, 7) is 15.0. The van der Waals surface area contributed by atoms with Gasteiger partial charge in [-0.15, -0.1) is 0 Å². The normalized spacial score (nSPS) is 11.4. The van der Waals surface area contributed by atoms with Crippen LogP contribution in [0, 0.1) is 0 Å². The molecule has 0 aromatic carbocycles. The van der Waals surface area contributed by atoms with E-state index < -0.39 is 0 Å². The molecule has 0 aromatic heterocycles. The van der Waals surface area contributed by atoms with Gasteiger partial charge >= 0.3 is 0 Å². The Morgan fingerprint density at radius 3 is 2.00 bits per heavy atom. The van der Waals surface area contributed by atoms with E-state index in [9.17, 15) is 0 Å². The van der Waals surface area contributed by atoms with Gasteiger partial charge in [0.15, 0.2) is 0 Å². The van der Waals surface area contributed by atoms with Crippen LogP contribution in [0.2, 0.25) is 0 Å². The first-order chi connectivity index (χ1) is 6.07. The quantitative estimate of drug-likeness (QED) is 0.404. The van der Waals surface area contributed by atoms with Crippen LogP contribution < -0.4 is 5.73 Å². The molecule has 0 aliphatic heterocycles. The molecule has 0 bridgehead atoms. The highest BCUT2D eigenvalue weighted by atomic mass is 14.8. The second kappa shape index (κ2) is 8.78. The molecule has 0 saturated heterocycles. The molecule has 2 nitrogen and oxygen atoms in total. The monoisotopic (exact) mass is 180 g/mol. The largest absolute Gasteiger partial charge is 0.387 e. The molecule has 0 saturated carbocycles. The highest BCUT2D eigenvalue weighted by Crippen LogP contribution is 2.06. The Labute approximate surface area is 81.6 Å². The van der Waals surface area contributed by atoms with Crippen LogP contribution in [0.25, 0.3) is 0 Å². The van der Waals surface area contributed by atoms with Crippen molar-refractivity contribution >= 4 is 5.84 Å². The van der Waals surface area contributed by atoms with E-state index in [0.29, 0.717) is 5.84 Å². The van der Waals surface area contributed by atoms with Crippen LogP contribution in [0.5, 0.6) is 0 Å². The Morgan fingerprint density at radius 1 is 1.31 bits per heavy atom. The molecule has 13 heavy (non-hydrogen) atoms. The molecule has 0 aliphatic rings. The lowest BCUT2D eigenvalue weighted by Gasteiger charge is -1.96. The smallest absolute Gasteiger partial charge is 0.0957 e. The fourth-order valence-electron chi connectivity index (χ4n) is 0.508. The number of hydrogen-bond acceptors (Lipinski definition) is 1. The van der Waals surface area contributed by atoms with Crippen LogP contribution in [0.3, 0.4) is 0 Å². The van der Waals surface area contributed by atoms with E-state index in [-0.39, 0.29) is 0 Å². The second-order valence-corrected chi connectivity index (χ2v) is 2.34. The first kappa shape index (κ1) is 14.2. The van der Waals surface area contributed by atoms with E-state index in [1.165, 1.54) is 0 Å². The van der Waals surface area contributed by atoms with Gasteiger partial charge in [0.05, 0.1) is 5.84 Å². The molecule has 0 rings (SSSR count). The molecule has 0 fully saturated rings. The van der Waals surface area contributed by atoms with Gasteiger partial charge in [0.2, 0.25) is 0 Å². The lowest BCUT2D eigenvalue weighted by atomic mass is 10.1. The second-order valence-electron chi connectivity index (χ2n) is 2.34. The lowest BCUT2D eigenvalue weighted by molar-refractivity contribution is 1.38. The van der Waals surface area contributed by atoms with Crippen LogP contribution in [-0.2, 0) is 0 Å². The third kappa shape index (κ3) is 8.60. The maximum atomic E-state index is 5.34. The van der Waals surface area contributed by atoms with E-state index >= 15 is 0 Å². The molecule has 0 spiro atoms. The van der Waals surface area contributed by atoms with Gasteiger partial charge in [-0.2, -0.15) is 0 Å². The molecule has 0 amide bonds. The fourth-order valence-corrected chi connectivity index (χ4v) is 0.508. The number of nitrogens with zero attached hydrogens (tertiary/aromatic N) is 1. The summed E-state index contributed by atoms with van der Waals surface area (Å²) in [5.74, 6) is 0.533. The summed E-state index contributed by atoms with van der Waals surface area (Å²) in [6.07, 6.45) is 3.36. The third-order valence-electron chi connectivity index (χ3n) is 1.12. The molecule has 0 atom stereocenters. The molecular formula is C11H20N2. The highest BCUT2D eigenvalue weighted by Gasteiger charge is 1.88. The molecule has 0 radical (unpaired) electrons. The van der Waals surface area contributed by atoms with Gasteiger partial charge < -0.3 is 5.73 Å². The van der Waals surface area contributed by atoms with Gasteiger partial charge in [0.1, 0.15) is 0 Å². The molecule has 0 unspecified atom stereocenters. The van der Waals surface area contributed by atoms with E-state index in [4.69, 9.17) is 5.73 Å². The topological polar surface area (TPSA) is 38.4 Å². The maximum absolute atomic E-state index is 5.34. The lowest BCUT2D eigenvalue weighted by Crippen LogP contribution is -2.03. The maximum Gasteiger partial charge on any atom is 0.0957 e. The van der Waals surface area contributed by atoms with Crippen LogP contribution >= 0.6 is 0 Å². The van der Waals surface area contributed by atoms with Gasteiger partial charge in [-0.3, -0.25) is 0 Å². The zero-order valence-corrected chi connectivity index (χ0v) is 9.09. The molecule has 0 heterocycles. The van der Waals surface area contributed by atoms with Gasteiger partial charge in [0, 0.05) is 6.20 Å². The van der Waals surface area contributed by atoms with E-state index in [1.807, 2.05) is 20.8 Å². The van der Waals surface area contributed by atoms with E-state index in [1.54, 1.807) is 19.2 Å². The Morgan fingerprint density at radius 2 is 1.77 bits per heavy atom. The Balaban J connectivity index is 0. The summed E-state index contributed by atoms with van der Waals surface area (Å²) in [5.41, 5.74) is 7.18. The molecule has 0 aromatic rings. The zero-order valence-electron chi connectivity index (χ0n) is 9.09. The summed E-state index contributed by atoms with van der Waals surface area (Å²) in [7, 11) is 0. The van der Waals surface area contributed by atoms with Crippen molar-refractivity contribution in [3.63, 3.8) is 0 Å². The predicted octanol–water partition coefficient (Wildman–Crippen LogP) is 3.04. The molecule has 0 aliphatic carbocycles. The van der Waals surface area contributed by atoms with Crippen molar-refractivity contribution in [2.45, 2.75) is 27.7 Å². The number of amidine groups is 1. The average molecular weight is 180 g/mol. The number of aliphatic imine (C=N–C) groups is 1. The number of hydrogen-bond donors (Lipinski definition) is 1. The van der Waals surface area contributed by atoms with Crippen molar-refractivity contribution in [3.8, 4) is 0 Å². The van der Waals surface area contributed by atoms with Crippen LogP contribution in [0.1, 0.15) is 27.7 Å². The van der Waals surface area contributed by atoms with Crippen LogP contribution in [0.4, 0.5) is 0 Å². The van der Waals surface area contributed by atoms with Crippen molar-refractivity contribution < 1.29 is 0 Å². The van der Waals surface area contributed by atoms with Crippen molar-refractivity contribution in [1.82, 2.24) is 0 Å². The standard InChI is InChI=1S/C9H14N2.C2H6/c1-5-9(7(2)3)6-11-8(4)10;1-2/h5-6H,1-2H2,3-4H3,(H2,10,11);1-2H3/b9-6+;. The highest BCUT2D eigenvalue weighted by molar-refractivity contribution is 5.78. The first-order valence-corrected chi connectivity index (χ1v) is 4.36. The Kier molecular flexibility index (Phi) is 9.61. The summed E-state index contributed by atoms with van der Waals surface area (Å²) in [6, 6.07) is 0. The van der Waals surface area contributed by atoms with Gasteiger partial charge in [-0.1, -0.05) is 33.1 Å². The minimum atomic E-state index is 0.533. The fraction of sp³-hybridized carbons (Fsp3) is 0.364. The Hall–Kier alpha value is -1.31. The van der Waals surface area contributed by atoms with Crippen LogP contribution in [-0.4, -0.2) is 5.84 Å².